The number of anilines is 1. The van der Waals surface area contributed by atoms with E-state index in [-0.39, 0.29) is 5.69 Å². The van der Waals surface area contributed by atoms with Crippen molar-refractivity contribution in [3.8, 4) is 11.4 Å². The highest BCUT2D eigenvalue weighted by Crippen LogP contribution is 2.32. The maximum absolute atomic E-state index is 11.2. The lowest BCUT2D eigenvalue weighted by Gasteiger charge is -2.11. The van der Waals surface area contributed by atoms with Gasteiger partial charge in [0.2, 0.25) is 0 Å². The van der Waals surface area contributed by atoms with Crippen molar-refractivity contribution in [2.24, 2.45) is 0 Å². The van der Waals surface area contributed by atoms with Crippen LogP contribution in [0.15, 0.2) is 24.3 Å². The standard InChI is InChI=1S/C15H16N4O2/c1-2-16-14-10-7-5-8-12(10)17-15(18-14)11-6-3-4-9-13(11)19(20)21/h3-4,6,9H,2,5,7-8H2,1H3,(H,16,17,18). The zero-order chi connectivity index (χ0) is 14.8. The van der Waals surface area contributed by atoms with Gasteiger partial charge >= 0.3 is 0 Å². The van der Waals surface area contributed by atoms with Gasteiger partial charge in [0.05, 0.1) is 10.5 Å². The molecule has 0 unspecified atom stereocenters. The molecule has 0 radical (unpaired) electrons. The number of nitrogens with zero attached hydrogens (tertiary/aromatic N) is 3. The Balaban J connectivity index is 2.16. The molecular weight excluding hydrogens is 268 g/mol. The molecule has 108 valence electrons. The van der Waals surface area contributed by atoms with Crippen molar-refractivity contribution in [2.75, 3.05) is 11.9 Å². The Morgan fingerprint density at radius 3 is 2.86 bits per heavy atom. The topological polar surface area (TPSA) is 81.0 Å². The molecule has 0 spiro atoms. The first-order valence-corrected chi connectivity index (χ1v) is 7.08. The smallest absolute Gasteiger partial charge is 0.280 e. The summed E-state index contributed by atoms with van der Waals surface area (Å²) in [6.07, 6.45) is 2.93. The predicted octanol–water partition coefficient (Wildman–Crippen LogP) is 2.97. The average Bonchev–Trinajstić information content (AvgIpc) is 2.96. The molecule has 3 rings (SSSR count). The minimum Gasteiger partial charge on any atom is -0.370 e. The van der Waals surface area contributed by atoms with Gasteiger partial charge in [0.1, 0.15) is 5.82 Å². The van der Waals surface area contributed by atoms with E-state index >= 15 is 0 Å². The fraction of sp³-hybridized carbons (Fsp3) is 0.333. The highest BCUT2D eigenvalue weighted by atomic mass is 16.6. The summed E-state index contributed by atoms with van der Waals surface area (Å²) in [5.41, 5.74) is 2.67. The minimum absolute atomic E-state index is 0.0397. The summed E-state index contributed by atoms with van der Waals surface area (Å²) < 4.78 is 0. The molecule has 0 saturated heterocycles. The molecule has 2 aromatic rings. The molecule has 1 heterocycles. The first kappa shape index (κ1) is 13.5. The lowest BCUT2D eigenvalue weighted by Crippen LogP contribution is -2.07. The van der Waals surface area contributed by atoms with E-state index in [0.29, 0.717) is 11.4 Å². The van der Waals surface area contributed by atoms with Crippen LogP contribution in [0.1, 0.15) is 24.6 Å². The summed E-state index contributed by atoms with van der Waals surface area (Å²) in [6.45, 7) is 2.77. The predicted molar refractivity (Wildman–Crippen MR) is 80.3 cm³/mol. The number of benzene rings is 1. The maximum Gasteiger partial charge on any atom is 0.280 e. The quantitative estimate of drug-likeness (QED) is 0.689. The number of fused-ring (bicyclic) bond motifs is 1. The summed E-state index contributed by atoms with van der Waals surface area (Å²) in [6, 6.07) is 6.61. The van der Waals surface area contributed by atoms with E-state index in [9.17, 15) is 10.1 Å². The van der Waals surface area contributed by atoms with Gasteiger partial charge in [0.15, 0.2) is 5.82 Å². The second-order valence-corrected chi connectivity index (χ2v) is 4.98. The Labute approximate surface area is 122 Å². The number of para-hydroxylation sites is 1. The Bertz CT molecular complexity index is 700. The van der Waals surface area contributed by atoms with Crippen LogP contribution in [0.3, 0.4) is 0 Å². The summed E-state index contributed by atoms with van der Waals surface area (Å²) in [4.78, 5) is 19.9. The first-order valence-electron chi connectivity index (χ1n) is 7.08. The Hall–Kier alpha value is -2.50. The maximum atomic E-state index is 11.2. The van der Waals surface area contributed by atoms with Crippen molar-refractivity contribution in [3.63, 3.8) is 0 Å². The number of rotatable bonds is 4. The van der Waals surface area contributed by atoms with E-state index in [0.717, 1.165) is 42.9 Å². The third-order valence-corrected chi connectivity index (χ3v) is 3.62. The second-order valence-electron chi connectivity index (χ2n) is 4.98. The summed E-state index contributed by atoms with van der Waals surface area (Å²) in [7, 11) is 0. The van der Waals surface area contributed by atoms with Gasteiger partial charge in [-0.1, -0.05) is 12.1 Å². The van der Waals surface area contributed by atoms with Crippen LogP contribution in [-0.4, -0.2) is 21.4 Å². The van der Waals surface area contributed by atoms with Gasteiger partial charge in [-0.05, 0) is 32.3 Å². The molecule has 0 aliphatic heterocycles. The van der Waals surface area contributed by atoms with Crippen LogP contribution >= 0.6 is 0 Å². The van der Waals surface area contributed by atoms with Gasteiger partial charge < -0.3 is 5.32 Å². The molecule has 0 saturated carbocycles. The Morgan fingerprint density at radius 2 is 2.10 bits per heavy atom. The zero-order valence-corrected chi connectivity index (χ0v) is 11.8. The fourth-order valence-electron chi connectivity index (χ4n) is 2.69. The van der Waals surface area contributed by atoms with Gasteiger partial charge in [0.25, 0.3) is 5.69 Å². The SMILES string of the molecule is CCNc1nc(-c2ccccc2[N+](=O)[O-])nc2c1CCC2. The number of aromatic nitrogens is 2. The highest BCUT2D eigenvalue weighted by molar-refractivity contribution is 5.69. The summed E-state index contributed by atoms with van der Waals surface area (Å²) in [5.74, 6) is 1.24. The first-order chi connectivity index (χ1) is 10.2. The number of aryl methyl sites for hydroxylation is 1. The van der Waals surface area contributed by atoms with Gasteiger partial charge in [-0.25, -0.2) is 9.97 Å². The molecule has 21 heavy (non-hydrogen) atoms. The van der Waals surface area contributed by atoms with Crippen molar-refractivity contribution in [1.29, 1.82) is 0 Å². The summed E-state index contributed by atoms with van der Waals surface area (Å²) >= 11 is 0. The number of nitro benzene ring substituents is 1. The fourth-order valence-corrected chi connectivity index (χ4v) is 2.69. The van der Waals surface area contributed by atoms with E-state index < -0.39 is 4.92 Å². The monoisotopic (exact) mass is 284 g/mol. The lowest BCUT2D eigenvalue weighted by atomic mass is 10.1. The average molecular weight is 284 g/mol. The van der Waals surface area contributed by atoms with Crippen LogP contribution in [0.2, 0.25) is 0 Å². The molecule has 0 amide bonds. The Kier molecular flexibility index (Phi) is 3.51. The minimum atomic E-state index is -0.390. The molecule has 1 aromatic heterocycles. The normalized spacial score (nSPS) is 13.0. The van der Waals surface area contributed by atoms with Gasteiger partial charge in [-0.2, -0.15) is 0 Å². The van der Waals surface area contributed by atoms with Crippen LogP contribution in [0.25, 0.3) is 11.4 Å². The van der Waals surface area contributed by atoms with E-state index in [2.05, 4.69) is 15.3 Å². The van der Waals surface area contributed by atoms with Crippen LogP contribution in [0.5, 0.6) is 0 Å². The number of nitro groups is 1. The molecule has 1 aliphatic carbocycles. The molecule has 1 aliphatic rings. The summed E-state index contributed by atoms with van der Waals surface area (Å²) in [5, 5.41) is 14.4. The molecule has 0 atom stereocenters. The van der Waals surface area contributed by atoms with Crippen LogP contribution in [-0.2, 0) is 12.8 Å². The largest absolute Gasteiger partial charge is 0.370 e. The highest BCUT2D eigenvalue weighted by Gasteiger charge is 2.23. The molecule has 0 fully saturated rings. The van der Waals surface area contributed by atoms with Crippen LogP contribution in [0, 0.1) is 10.1 Å². The van der Waals surface area contributed by atoms with Gasteiger partial charge in [-0.3, -0.25) is 10.1 Å². The van der Waals surface area contributed by atoms with Gasteiger partial charge in [0, 0.05) is 23.9 Å². The van der Waals surface area contributed by atoms with E-state index in [4.69, 9.17) is 0 Å². The lowest BCUT2D eigenvalue weighted by molar-refractivity contribution is -0.384. The van der Waals surface area contributed by atoms with Crippen molar-refractivity contribution in [2.45, 2.75) is 26.2 Å². The van der Waals surface area contributed by atoms with E-state index in [1.807, 2.05) is 6.92 Å². The van der Waals surface area contributed by atoms with Crippen LogP contribution in [0.4, 0.5) is 11.5 Å². The molecule has 6 heteroatoms. The number of hydrogen-bond donors (Lipinski definition) is 1. The van der Waals surface area contributed by atoms with E-state index in [1.165, 1.54) is 6.07 Å². The van der Waals surface area contributed by atoms with E-state index in [1.54, 1.807) is 18.2 Å². The van der Waals surface area contributed by atoms with Crippen molar-refractivity contribution in [3.05, 3.63) is 45.6 Å². The zero-order valence-electron chi connectivity index (χ0n) is 11.8. The molecule has 6 nitrogen and oxygen atoms in total. The number of nitrogens with one attached hydrogen (secondary N) is 1. The number of hydrogen-bond acceptors (Lipinski definition) is 5. The third-order valence-electron chi connectivity index (χ3n) is 3.62. The third kappa shape index (κ3) is 2.44. The van der Waals surface area contributed by atoms with Crippen molar-refractivity contribution >= 4 is 11.5 Å². The van der Waals surface area contributed by atoms with Gasteiger partial charge in [-0.15, -0.1) is 0 Å². The Morgan fingerprint density at radius 1 is 1.29 bits per heavy atom. The van der Waals surface area contributed by atoms with Crippen LogP contribution < -0.4 is 5.32 Å². The van der Waals surface area contributed by atoms with Crippen molar-refractivity contribution in [1.82, 2.24) is 9.97 Å². The molecule has 1 N–H and O–H groups in total. The second kappa shape index (κ2) is 5.47. The molecular formula is C15H16N4O2. The molecule has 0 bridgehead atoms. The van der Waals surface area contributed by atoms with Crippen molar-refractivity contribution < 1.29 is 4.92 Å². The molecule has 1 aromatic carbocycles.